The van der Waals surface area contributed by atoms with Crippen molar-refractivity contribution in [3.63, 3.8) is 0 Å². The van der Waals surface area contributed by atoms with Gasteiger partial charge in [-0.15, -0.1) is 0 Å². The van der Waals surface area contributed by atoms with E-state index in [1.54, 1.807) is 6.20 Å². The highest BCUT2D eigenvalue weighted by Crippen LogP contribution is 2.24. The number of nitriles is 1. The molecular formula is C21H22ClN5. The van der Waals surface area contributed by atoms with E-state index in [4.69, 9.17) is 16.9 Å². The number of H-pyrrole nitrogens is 1. The Labute approximate surface area is 164 Å². The van der Waals surface area contributed by atoms with Crippen molar-refractivity contribution < 1.29 is 0 Å². The number of halogens is 1. The minimum absolute atomic E-state index is 0.715. The molecule has 1 fully saturated rings. The lowest BCUT2D eigenvalue weighted by atomic mass is 10.1. The predicted molar refractivity (Wildman–Crippen MR) is 109 cm³/mol. The van der Waals surface area contributed by atoms with Crippen molar-refractivity contribution in [1.29, 1.82) is 5.26 Å². The topological polar surface area (TPSA) is 59.0 Å². The van der Waals surface area contributed by atoms with Crippen molar-refractivity contribution >= 4 is 28.3 Å². The fraction of sp³-hybridized carbons (Fsp3) is 0.333. The first-order valence-electron chi connectivity index (χ1n) is 9.32. The Kier molecular flexibility index (Phi) is 5.28. The quantitative estimate of drug-likeness (QED) is 0.731. The molecule has 5 nitrogen and oxygen atoms in total. The molecule has 0 amide bonds. The molecule has 138 valence electrons. The lowest BCUT2D eigenvalue weighted by Gasteiger charge is -2.35. The molecule has 0 unspecified atom stereocenters. The first-order chi connectivity index (χ1) is 13.2. The highest BCUT2D eigenvalue weighted by molar-refractivity contribution is 6.32. The van der Waals surface area contributed by atoms with E-state index in [1.807, 2.05) is 30.3 Å². The molecule has 3 aromatic rings. The molecule has 1 N–H and O–H groups in total. The number of nitrogens with zero attached hydrogens (tertiary/aromatic N) is 4. The Balaban J connectivity index is 1.30. The number of aromatic nitrogens is 2. The van der Waals surface area contributed by atoms with Crippen molar-refractivity contribution in [1.82, 2.24) is 14.9 Å². The molecule has 0 aliphatic carbocycles. The molecule has 0 radical (unpaired) electrons. The summed E-state index contributed by atoms with van der Waals surface area (Å²) >= 11 is 6.26. The van der Waals surface area contributed by atoms with Gasteiger partial charge in [-0.25, -0.2) is 4.98 Å². The maximum absolute atomic E-state index is 9.11. The second-order valence-corrected chi connectivity index (χ2v) is 7.33. The summed E-state index contributed by atoms with van der Waals surface area (Å²) in [6.07, 6.45) is 5.99. The number of hydrogen-bond acceptors (Lipinski definition) is 4. The van der Waals surface area contributed by atoms with Crippen LogP contribution in [-0.2, 0) is 6.42 Å². The van der Waals surface area contributed by atoms with Crippen molar-refractivity contribution in [2.45, 2.75) is 12.8 Å². The van der Waals surface area contributed by atoms with E-state index in [2.05, 4.69) is 32.0 Å². The SMILES string of the molecule is N#Cc1ccc2[nH]cc(CCCN3CCN(c4ncccc4Cl)CC3)c2c1. The van der Waals surface area contributed by atoms with Crippen LogP contribution in [0.5, 0.6) is 0 Å². The van der Waals surface area contributed by atoms with Crippen molar-refractivity contribution in [3.8, 4) is 6.07 Å². The van der Waals surface area contributed by atoms with Crippen LogP contribution < -0.4 is 4.90 Å². The molecule has 1 aliphatic heterocycles. The molecule has 1 aromatic carbocycles. The third-order valence-electron chi connectivity index (χ3n) is 5.23. The summed E-state index contributed by atoms with van der Waals surface area (Å²) in [5, 5.41) is 11.0. The van der Waals surface area contributed by atoms with Crippen LogP contribution in [-0.4, -0.2) is 47.6 Å². The molecule has 6 heteroatoms. The number of piperazine rings is 1. The number of fused-ring (bicyclic) bond motifs is 1. The summed E-state index contributed by atoms with van der Waals surface area (Å²) in [4.78, 5) is 12.5. The van der Waals surface area contributed by atoms with Crippen LogP contribution in [0.15, 0.2) is 42.7 Å². The summed E-state index contributed by atoms with van der Waals surface area (Å²) in [7, 11) is 0. The molecule has 4 rings (SSSR count). The average Bonchev–Trinajstić information content (AvgIpc) is 3.11. The Bertz CT molecular complexity index is 966. The van der Waals surface area contributed by atoms with Crippen LogP contribution in [0.4, 0.5) is 5.82 Å². The van der Waals surface area contributed by atoms with Gasteiger partial charge in [0.05, 0.1) is 16.7 Å². The minimum Gasteiger partial charge on any atom is -0.361 e. The van der Waals surface area contributed by atoms with E-state index in [1.165, 1.54) is 10.9 Å². The fourth-order valence-corrected chi connectivity index (χ4v) is 3.98. The summed E-state index contributed by atoms with van der Waals surface area (Å²) in [5.74, 6) is 0.894. The number of benzene rings is 1. The smallest absolute Gasteiger partial charge is 0.147 e. The number of aromatic amines is 1. The normalized spacial score (nSPS) is 15.2. The molecule has 2 aromatic heterocycles. The van der Waals surface area contributed by atoms with E-state index in [-0.39, 0.29) is 0 Å². The van der Waals surface area contributed by atoms with E-state index < -0.39 is 0 Å². The van der Waals surface area contributed by atoms with Gasteiger partial charge in [-0.3, -0.25) is 4.90 Å². The molecule has 0 spiro atoms. The van der Waals surface area contributed by atoms with Gasteiger partial charge in [0.15, 0.2) is 0 Å². The van der Waals surface area contributed by atoms with Gasteiger partial charge >= 0.3 is 0 Å². The zero-order valence-corrected chi connectivity index (χ0v) is 15.9. The number of anilines is 1. The van der Waals surface area contributed by atoms with E-state index >= 15 is 0 Å². The predicted octanol–water partition coefficient (Wildman–Crippen LogP) is 3.84. The number of aryl methyl sites for hydroxylation is 1. The monoisotopic (exact) mass is 379 g/mol. The molecule has 0 bridgehead atoms. The highest BCUT2D eigenvalue weighted by atomic mass is 35.5. The Morgan fingerprint density at radius 3 is 2.81 bits per heavy atom. The van der Waals surface area contributed by atoms with E-state index in [0.717, 1.165) is 61.9 Å². The van der Waals surface area contributed by atoms with Gasteiger partial charge in [-0.2, -0.15) is 5.26 Å². The third kappa shape index (κ3) is 3.92. The van der Waals surface area contributed by atoms with Crippen LogP contribution in [0.25, 0.3) is 10.9 Å². The number of rotatable bonds is 5. The summed E-state index contributed by atoms with van der Waals surface area (Å²) in [6.45, 7) is 5.04. The first kappa shape index (κ1) is 17.8. The average molecular weight is 380 g/mol. The zero-order valence-electron chi connectivity index (χ0n) is 15.2. The third-order valence-corrected chi connectivity index (χ3v) is 5.52. The number of hydrogen-bond donors (Lipinski definition) is 1. The summed E-state index contributed by atoms with van der Waals surface area (Å²) in [5.41, 5.74) is 3.11. The summed E-state index contributed by atoms with van der Waals surface area (Å²) in [6, 6.07) is 11.8. The van der Waals surface area contributed by atoms with Crippen LogP contribution in [0.2, 0.25) is 5.02 Å². The van der Waals surface area contributed by atoms with Crippen molar-refractivity contribution in [2.75, 3.05) is 37.6 Å². The Hall–Kier alpha value is -2.55. The van der Waals surface area contributed by atoms with Gasteiger partial charge in [0.25, 0.3) is 0 Å². The maximum atomic E-state index is 9.11. The molecule has 0 saturated carbocycles. The molecule has 3 heterocycles. The first-order valence-corrected chi connectivity index (χ1v) is 9.70. The van der Waals surface area contributed by atoms with Crippen LogP contribution in [0, 0.1) is 11.3 Å². The lowest BCUT2D eigenvalue weighted by molar-refractivity contribution is 0.254. The molecule has 27 heavy (non-hydrogen) atoms. The second-order valence-electron chi connectivity index (χ2n) is 6.93. The molecule has 1 aliphatic rings. The standard InChI is InChI=1S/C21H22ClN5/c22-19-4-1-7-24-21(19)27-11-9-26(10-12-27)8-2-3-17-15-25-20-6-5-16(14-23)13-18(17)20/h1,4-7,13,15,25H,2-3,8-12H2. The highest BCUT2D eigenvalue weighted by Gasteiger charge is 2.19. The van der Waals surface area contributed by atoms with Crippen molar-refractivity contribution in [3.05, 3.63) is 58.9 Å². The number of nitrogens with one attached hydrogen (secondary N) is 1. The van der Waals surface area contributed by atoms with Crippen LogP contribution >= 0.6 is 11.6 Å². The second kappa shape index (κ2) is 7.99. The van der Waals surface area contributed by atoms with Gasteiger partial charge in [0, 0.05) is 49.5 Å². The van der Waals surface area contributed by atoms with Gasteiger partial charge < -0.3 is 9.88 Å². The van der Waals surface area contributed by atoms with Crippen LogP contribution in [0.3, 0.4) is 0 Å². The molecule has 0 atom stereocenters. The van der Waals surface area contributed by atoms with Gasteiger partial charge in [-0.1, -0.05) is 11.6 Å². The van der Waals surface area contributed by atoms with Crippen molar-refractivity contribution in [2.24, 2.45) is 0 Å². The Morgan fingerprint density at radius 1 is 1.19 bits per heavy atom. The van der Waals surface area contributed by atoms with Crippen LogP contribution in [0.1, 0.15) is 17.5 Å². The van der Waals surface area contributed by atoms with Gasteiger partial charge in [0.1, 0.15) is 5.82 Å². The largest absolute Gasteiger partial charge is 0.361 e. The summed E-state index contributed by atoms with van der Waals surface area (Å²) < 4.78 is 0. The maximum Gasteiger partial charge on any atom is 0.147 e. The van der Waals surface area contributed by atoms with E-state index in [9.17, 15) is 0 Å². The number of pyridine rings is 1. The minimum atomic E-state index is 0.715. The molecule has 1 saturated heterocycles. The lowest BCUT2D eigenvalue weighted by Crippen LogP contribution is -2.47. The van der Waals surface area contributed by atoms with Gasteiger partial charge in [-0.05, 0) is 55.3 Å². The fourth-order valence-electron chi connectivity index (χ4n) is 3.74. The Morgan fingerprint density at radius 2 is 2.04 bits per heavy atom. The zero-order chi connectivity index (χ0) is 18.6. The van der Waals surface area contributed by atoms with E-state index in [0.29, 0.717) is 5.56 Å². The van der Waals surface area contributed by atoms with Gasteiger partial charge in [0.2, 0.25) is 0 Å². The molecular weight excluding hydrogens is 358 g/mol.